The minimum Gasteiger partial charge on any atom is -0.393 e. The molecule has 2 heteroatoms. The lowest BCUT2D eigenvalue weighted by Crippen LogP contribution is -2.54. The average Bonchev–Trinajstić information content (AvgIpc) is 2.07. The van der Waals surface area contributed by atoms with Crippen molar-refractivity contribution in [3.8, 4) is 0 Å². The van der Waals surface area contributed by atoms with Gasteiger partial charge >= 0.3 is 0 Å². The zero-order valence-corrected chi connectivity index (χ0v) is 8.70. The first-order valence-electron chi connectivity index (χ1n) is 5.08. The summed E-state index contributed by atoms with van der Waals surface area (Å²) in [5.74, 6) is 3.08. The van der Waals surface area contributed by atoms with Crippen molar-refractivity contribution in [3.05, 3.63) is 0 Å². The average molecular weight is 231 g/mol. The fourth-order valence-electron chi connectivity index (χ4n) is 3.81. The van der Waals surface area contributed by atoms with Gasteiger partial charge in [-0.15, -0.1) is 0 Å². The lowest BCUT2D eigenvalue weighted by atomic mass is 9.55. The molecule has 4 unspecified atom stereocenters. The summed E-state index contributed by atoms with van der Waals surface area (Å²) in [6.45, 7) is 0. The van der Waals surface area contributed by atoms with Crippen molar-refractivity contribution < 1.29 is 5.11 Å². The number of alkyl halides is 1. The monoisotopic (exact) mass is 230 g/mol. The molecule has 4 fully saturated rings. The van der Waals surface area contributed by atoms with E-state index in [2.05, 4.69) is 15.9 Å². The van der Waals surface area contributed by atoms with E-state index < -0.39 is 0 Å². The van der Waals surface area contributed by atoms with Crippen molar-refractivity contribution in [2.45, 2.75) is 36.6 Å². The highest BCUT2D eigenvalue weighted by Gasteiger charge is 2.52. The Hall–Kier alpha value is 0.440. The lowest BCUT2D eigenvalue weighted by Gasteiger charge is -2.55. The molecule has 0 aliphatic heterocycles. The first-order valence-corrected chi connectivity index (χ1v) is 5.99. The van der Waals surface area contributed by atoms with Crippen LogP contribution in [0.5, 0.6) is 0 Å². The van der Waals surface area contributed by atoms with Gasteiger partial charge in [0, 0.05) is 4.83 Å². The Labute approximate surface area is 81.7 Å². The van der Waals surface area contributed by atoms with E-state index in [9.17, 15) is 5.11 Å². The van der Waals surface area contributed by atoms with Crippen molar-refractivity contribution in [3.63, 3.8) is 0 Å². The first-order chi connectivity index (χ1) is 5.75. The van der Waals surface area contributed by atoms with E-state index in [0.29, 0.717) is 16.7 Å². The Balaban J connectivity index is 1.93. The second kappa shape index (κ2) is 2.48. The lowest BCUT2D eigenvalue weighted by molar-refractivity contribution is -0.0857. The largest absolute Gasteiger partial charge is 0.393 e. The summed E-state index contributed by atoms with van der Waals surface area (Å²) >= 11 is 3.76. The van der Waals surface area contributed by atoms with Crippen molar-refractivity contribution in [2.75, 3.05) is 0 Å². The third kappa shape index (κ3) is 0.884. The summed E-state index contributed by atoms with van der Waals surface area (Å²) in [6.07, 6.45) is 5.32. The molecule has 4 bridgehead atoms. The molecule has 4 aliphatic rings. The van der Waals surface area contributed by atoms with E-state index in [4.69, 9.17) is 0 Å². The van der Waals surface area contributed by atoms with Crippen LogP contribution in [0.25, 0.3) is 0 Å². The van der Waals surface area contributed by atoms with E-state index in [0.717, 1.165) is 11.8 Å². The maximum atomic E-state index is 9.97. The van der Waals surface area contributed by atoms with E-state index >= 15 is 0 Å². The van der Waals surface area contributed by atoms with Gasteiger partial charge in [0.25, 0.3) is 0 Å². The van der Waals surface area contributed by atoms with E-state index in [1.807, 2.05) is 0 Å². The van der Waals surface area contributed by atoms with Gasteiger partial charge in [-0.3, -0.25) is 0 Å². The summed E-state index contributed by atoms with van der Waals surface area (Å²) in [5, 5.41) is 9.97. The van der Waals surface area contributed by atoms with Gasteiger partial charge in [-0.05, 0) is 49.4 Å². The van der Waals surface area contributed by atoms with E-state index in [-0.39, 0.29) is 6.10 Å². The van der Waals surface area contributed by atoms with Crippen LogP contribution >= 0.6 is 15.9 Å². The molecule has 0 aromatic heterocycles. The summed E-state index contributed by atoms with van der Waals surface area (Å²) in [4.78, 5) is 0.625. The Bertz CT molecular complexity index is 188. The number of hydrogen-bond acceptors (Lipinski definition) is 1. The normalized spacial score (nSPS) is 62.5. The second-order valence-corrected chi connectivity index (χ2v) is 5.99. The molecule has 1 nitrogen and oxygen atoms in total. The number of hydrogen-bond donors (Lipinski definition) is 1. The first kappa shape index (κ1) is 7.81. The maximum absolute atomic E-state index is 9.97. The van der Waals surface area contributed by atoms with Crippen LogP contribution in [0.4, 0.5) is 0 Å². The van der Waals surface area contributed by atoms with Crippen LogP contribution in [-0.4, -0.2) is 16.0 Å². The van der Waals surface area contributed by atoms with Crippen LogP contribution < -0.4 is 0 Å². The molecule has 0 radical (unpaired) electrons. The van der Waals surface area contributed by atoms with Crippen LogP contribution in [0.15, 0.2) is 0 Å². The predicted octanol–water partition coefficient (Wildman–Crippen LogP) is 2.18. The molecule has 12 heavy (non-hydrogen) atoms. The molecule has 4 rings (SSSR count). The van der Waals surface area contributed by atoms with Gasteiger partial charge in [0.2, 0.25) is 0 Å². The quantitative estimate of drug-likeness (QED) is 0.633. The van der Waals surface area contributed by atoms with Crippen molar-refractivity contribution >= 4 is 15.9 Å². The Kier molecular flexibility index (Phi) is 1.61. The number of aliphatic hydroxyl groups excluding tert-OH is 1. The van der Waals surface area contributed by atoms with Crippen LogP contribution in [0.1, 0.15) is 25.7 Å². The van der Waals surface area contributed by atoms with E-state index in [1.165, 1.54) is 25.7 Å². The van der Waals surface area contributed by atoms with Crippen LogP contribution in [0, 0.1) is 23.7 Å². The van der Waals surface area contributed by atoms with Crippen molar-refractivity contribution in [1.29, 1.82) is 0 Å². The van der Waals surface area contributed by atoms with Crippen LogP contribution in [-0.2, 0) is 0 Å². The Morgan fingerprint density at radius 1 is 1.00 bits per heavy atom. The molecule has 4 aliphatic carbocycles. The molecule has 0 amide bonds. The molecular weight excluding hydrogens is 216 g/mol. The third-order valence-electron chi connectivity index (χ3n) is 4.26. The maximum Gasteiger partial charge on any atom is 0.0607 e. The Morgan fingerprint density at radius 3 is 2.58 bits per heavy atom. The van der Waals surface area contributed by atoms with Gasteiger partial charge < -0.3 is 5.11 Å². The van der Waals surface area contributed by atoms with Gasteiger partial charge in [0.1, 0.15) is 0 Å². The minimum atomic E-state index is 0.0159. The zero-order chi connectivity index (χ0) is 8.29. The molecule has 6 atom stereocenters. The van der Waals surface area contributed by atoms with Crippen LogP contribution in [0.2, 0.25) is 0 Å². The topological polar surface area (TPSA) is 20.2 Å². The molecule has 1 N–H and O–H groups in total. The predicted molar refractivity (Wildman–Crippen MR) is 51.1 cm³/mol. The smallest absolute Gasteiger partial charge is 0.0607 e. The van der Waals surface area contributed by atoms with Crippen LogP contribution in [0.3, 0.4) is 0 Å². The van der Waals surface area contributed by atoms with Gasteiger partial charge in [-0.25, -0.2) is 0 Å². The summed E-state index contributed by atoms with van der Waals surface area (Å²) in [7, 11) is 0. The molecule has 0 aromatic rings. The third-order valence-corrected chi connectivity index (χ3v) is 5.69. The van der Waals surface area contributed by atoms with Gasteiger partial charge in [-0.2, -0.15) is 0 Å². The van der Waals surface area contributed by atoms with Gasteiger partial charge in [0.15, 0.2) is 0 Å². The summed E-state index contributed by atoms with van der Waals surface area (Å²) < 4.78 is 0. The fourth-order valence-corrected chi connectivity index (χ4v) is 4.77. The highest BCUT2D eigenvalue weighted by molar-refractivity contribution is 9.09. The molecule has 4 saturated carbocycles. The minimum absolute atomic E-state index is 0.0159. The SMILES string of the molecule is O[C@@H]1C2CC3CC(C2)[C@H](Br)C1C3. The van der Waals surface area contributed by atoms with Gasteiger partial charge in [-0.1, -0.05) is 15.9 Å². The van der Waals surface area contributed by atoms with Gasteiger partial charge in [0.05, 0.1) is 6.10 Å². The zero-order valence-electron chi connectivity index (χ0n) is 7.12. The molecule has 68 valence electrons. The fraction of sp³-hybridized carbons (Fsp3) is 1.00. The van der Waals surface area contributed by atoms with Crippen molar-refractivity contribution in [2.24, 2.45) is 23.7 Å². The summed E-state index contributed by atoms with van der Waals surface area (Å²) in [5.41, 5.74) is 0. The highest BCUT2D eigenvalue weighted by atomic mass is 79.9. The van der Waals surface area contributed by atoms with Crippen molar-refractivity contribution in [1.82, 2.24) is 0 Å². The molecule has 0 spiro atoms. The number of halogens is 1. The second-order valence-electron chi connectivity index (χ2n) is 4.93. The molecule has 0 aromatic carbocycles. The Morgan fingerprint density at radius 2 is 1.75 bits per heavy atom. The molecule has 0 heterocycles. The molecular formula is C10H15BrO. The standard InChI is InChI=1S/C10H15BrO/c11-9-6-1-5-2-7(4-6)10(12)8(9)3-5/h5-10,12H,1-4H2/t5?,6?,7?,8?,9-,10+/m0/s1. The van der Waals surface area contributed by atoms with E-state index in [1.54, 1.807) is 0 Å². The molecule has 0 saturated heterocycles. The number of aliphatic hydroxyl groups is 1. The summed E-state index contributed by atoms with van der Waals surface area (Å²) in [6, 6.07) is 0. The number of rotatable bonds is 0. The highest BCUT2D eigenvalue weighted by Crippen LogP contribution is 2.55.